The molecule has 0 aliphatic carbocycles. The summed E-state index contributed by atoms with van der Waals surface area (Å²) in [5.74, 6) is 0. The molecule has 1 heterocycles. The van der Waals surface area contributed by atoms with Crippen LogP contribution in [0.15, 0.2) is 29.2 Å². The lowest BCUT2D eigenvalue weighted by atomic mass is 10.1. The van der Waals surface area contributed by atoms with Crippen LogP contribution in [0.3, 0.4) is 0 Å². The number of likely N-dealkylation sites (tertiary alicyclic amines) is 1. The first-order valence-electron chi connectivity index (χ1n) is 5.83. The number of thioether (sulfide) groups is 1. The first-order valence-corrected chi connectivity index (χ1v) is 7.05. The molecular weight excluding hydrogens is 216 g/mol. The molecule has 88 valence electrons. The van der Waals surface area contributed by atoms with E-state index in [4.69, 9.17) is 5.73 Å². The molecule has 0 aromatic heterocycles. The van der Waals surface area contributed by atoms with Crippen molar-refractivity contribution in [2.75, 3.05) is 12.8 Å². The van der Waals surface area contributed by atoms with Crippen molar-refractivity contribution in [2.45, 2.75) is 36.9 Å². The number of hydrogen-bond acceptors (Lipinski definition) is 3. The molecule has 2 rings (SSSR count). The largest absolute Gasteiger partial charge is 0.326 e. The molecule has 2 unspecified atom stereocenters. The molecule has 1 saturated heterocycles. The summed E-state index contributed by atoms with van der Waals surface area (Å²) in [4.78, 5) is 3.80. The van der Waals surface area contributed by atoms with Crippen LogP contribution in [0, 0.1) is 0 Å². The van der Waals surface area contributed by atoms with Gasteiger partial charge in [0.1, 0.15) is 0 Å². The minimum atomic E-state index is 0.352. The predicted octanol–water partition coefficient (Wildman–Crippen LogP) is 2.33. The predicted molar refractivity (Wildman–Crippen MR) is 70.7 cm³/mol. The fourth-order valence-corrected chi connectivity index (χ4v) is 2.63. The Kier molecular flexibility index (Phi) is 3.90. The molecule has 1 aliphatic heterocycles. The van der Waals surface area contributed by atoms with Gasteiger partial charge in [-0.3, -0.25) is 4.90 Å². The van der Waals surface area contributed by atoms with Crippen molar-refractivity contribution in [3.63, 3.8) is 0 Å². The van der Waals surface area contributed by atoms with Gasteiger partial charge in [-0.1, -0.05) is 12.1 Å². The molecule has 0 saturated carbocycles. The maximum atomic E-state index is 6.02. The number of nitrogens with zero attached hydrogens (tertiary/aromatic N) is 1. The number of rotatable bonds is 3. The fourth-order valence-electron chi connectivity index (χ4n) is 2.22. The first kappa shape index (κ1) is 12.0. The quantitative estimate of drug-likeness (QED) is 0.817. The molecule has 2 nitrogen and oxygen atoms in total. The zero-order valence-electron chi connectivity index (χ0n) is 10.0. The van der Waals surface area contributed by atoms with Gasteiger partial charge in [-0.25, -0.2) is 0 Å². The third-order valence-corrected chi connectivity index (χ3v) is 4.23. The van der Waals surface area contributed by atoms with Crippen molar-refractivity contribution < 1.29 is 0 Å². The Labute approximate surface area is 102 Å². The van der Waals surface area contributed by atoms with Gasteiger partial charge in [-0.15, -0.1) is 11.8 Å². The molecule has 2 atom stereocenters. The van der Waals surface area contributed by atoms with Gasteiger partial charge in [0, 0.05) is 30.1 Å². The van der Waals surface area contributed by atoms with E-state index in [1.165, 1.54) is 10.5 Å². The zero-order valence-corrected chi connectivity index (χ0v) is 10.8. The second-order valence-electron chi connectivity index (χ2n) is 4.51. The minimum Gasteiger partial charge on any atom is -0.326 e. The average molecular weight is 236 g/mol. The molecule has 1 fully saturated rings. The molecule has 1 aromatic rings. The van der Waals surface area contributed by atoms with Crippen LogP contribution in [0.1, 0.15) is 18.9 Å². The van der Waals surface area contributed by atoms with E-state index in [0.717, 1.165) is 19.5 Å². The van der Waals surface area contributed by atoms with Crippen LogP contribution in [0.5, 0.6) is 0 Å². The van der Waals surface area contributed by atoms with E-state index in [2.05, 4.69) is 42.3 Å². The van der Waals surface area contributed by atoms with Gasteiger partial charge in [0.2, 0.25) is 0 Å². The highest BCUT2D eigenvalue weighted by molar-refractivity contribution is 7.98. The topological polar surface area (TPSA) is 29.3 Å². The Balaban J connectivity index is 1.98. The van der Waals surface area contributed by atoms with E-state index in [1.807, 2.05) is 0 Å². The van der Waals surface area contributed by atoms with Crippen molar-refractivity contribution >= 4 is 11.8 Å². The summed E-state index contributed by atoms with van der Waals surface area (Å²) in [6.07, 6.45) is 3.24. The monoisotopic (exact) mass is 236 g/mol. The molecule has 1 aliphatic rings. The van der Waals surface area contributed by atoms with Crippen LogP contribution >= 0.6 is 11.8 Å². The Morgan fingerprint density at radius 3 is 2.56 bits per heavy atom. The molecule has 0 bridgehead atoms. The van der Waals surface area contributed by atoms with Gasteiger partial charge in [-0.05, 0) is 37.3 Å². The minimum absolute atomic E-state index is 0.352. The smallest absolute Gasteiger partial charge is 0.0237 e. The molecule has 2 N–H and O–H groups in total. The lowest BCUT2D eigenvalue weighted by Crippen LogP contribution is -2.36. The van der Waals surface area contributed by atoms with E-state index >= 15 is 0 Å². The molecule has 0 amide bonds. The fraction of sp³-hybridized carbons (Fsp3) is 0.538. The second kappa shape index (κ2) is 5.21. The van der Waals surface area contributed by atoms with Gasteiger partial charge < -0.3 is 5.73 Å². The number of benzene rings is 1. The van der Waals surface area contributed by atoms with Crippen molar-refractivity contribution in [1.82, 2.24) is 4.90 Å². The van der Waals surface area contributed by atoms with Gasteiger partial charge in [0.05, 0.1) is 0 Å². The third-order valence-electron chi connectivity index (χ3n) is 3.49. The summed E-state index contributed by atoms with van der Waals surface area (Å²) in [5.41, 5.74) is 7.41. The normalized spacial score (nSPS) is 26.2. The Morgan fingerprint density at radius 2 is 2.06 bits per heavy atom. The van der Waals surface area contributed by atoms with E-state index in [9.17, 15) is 0 Å². The van der Waals surface area contributed by atoms with Crippen LogP contribution in [-0.4, -0.2) is 29.8 Å². The summed E-state index contributed by atoms with van der Waals surface area (Å²) in [6.45, 7) is 4.39. The van der Waals surface area contributed by atoms with Crippen LogP contribution in [0.25, 0.3) is 0 Å². The van der Waals surface area contributed by atoms with E-state index in [-0.39, 0.29) is 0 Å². The van der Waals surface area contributed by atoms with Crippen LogP contribution in [0.2, 0.25) is 0 Å². The molecular formula is C13H20N2S. The van der Waals surface area contributed by atoms with Gasteiger partial charge >= 0.3 is 0 Å². The Hall–Kier alpha value is -0.510. The van der Waals surface area contributed by atoms with Crippen LogP contribution < -0.4 is 5.73 Å². The highest BCUT2D eigenvalue weighted by Gasteiger charge is 2.27. The van der Waals surface area contributed by atoms with Crippen LogP contribution in [0.4, 0.5) is 0 Å². The van der Waals surface area contributed by atoms with Crippen molar-refractivity contribution in [3.8, 4) is 0 Å². The summed E-state index contributed by atoms with van der Waals surface area (Å²) >= 11 is 1.79. The first-order chi connectivity index (χ1) is 7.70. The standard InChI is InChI=1S/C13H20N2S/c1-10-13(14)7-8-15(10)9-11-3-5-12(16-2)6-4-11/h3-6,10,13H,7-9,14H2,1-2H3. The van der Waals surface area contributed by atoms with Gasteiger partial charge in [0.15, 0.2) is 0 Å². The zero-order chi connectivity index (χ0) is 11.5. The number of hydrogen-bond donors (Lipinski definition) is 1. The summed E-state index contributed by atoms with van der Waals surface area (Å²) < 4.78 is 0. The van der Waals surface area contributed by atoms with E-state index in [1.54, 1.807) is 11.8 Å². The van der Waals surface area contributed by atoms with Gasteiger partial charge in [-0.2, -0.15) is 0 Å². The number of nitrogens with two attached hydrogens (primary N) is 1. The lowest BCUT2D eigenvalue weighted by molar-refractivity contribution is 0.251. The molecule has 16 heavy (non-hydrogen) atoms. The maximum absolute atomic E-state index is 6.02. The Morgan fingerprint density at radius 1 is 1.38 bits per heavy atom. The summed E-state index contributed by atoms with van der Waals surface area (Å²) in [6, 6.07) is 9.71. The Bertz CT molecular complexity index is 336. The highest BCUT2D eigenvalue weighted by atomic mass is 32.2. The van der Waals surface area contributed by atoms with Crippen molar-refractivity contribution in [3.05, 3.63) is 29.8 Å². The molecule has 1 aromatic carbocycles. The van der Waals surface area contributed by atoms with Crippen molar-refractivity contribution in [2.24, 2.45) is 5.73 Å². The highest BCUT2D eigenvalue weighted by Crippen LogP contribution is 2.20. The van der Waals surface area contributed by atoms with E-state index in [0.29, 0.717) is 12.1 Å². The summed E-state index contributed by atoms with van der Waals surface area (Å²) in [7, 11) is 0. The summed E-state index contributed by atoms with van der Waals surface area (Å²) in [5, 5.41) is 0. The molecule has 0 radical (unpaired) electrons. The maximum Gasteiger partial charge on any atom is 0.0237 e. The molecule has 0 spiro atoms. The molecule has 3 heteroatoms. The van der Waals surface area contributed by atoms with E-state index < -0.39 is 0 Å². The second-order valence-corrected chi connectivity index (χ2v) is 5.39. The SMILES string of the molecule is CSc1ccc(CN2CCC(N)C2C)cc1. The third kappa shape index (κ3) is 2.59. The average Bonchev–Trinajstić information content (AvgIpc) is 2.62. The van der Waals surface area contributed by atoms with Gasteiger partial charge in [0.25, 0.3) is 0 Å². The lowest BCUT2D eigenvalue weighted by Gasteiger charge is -2.22. The van der Waals surface area contributed by atoms with Crippen LogP contribution in [-0.2, 0) is 6.54 Å². The van der Waals surface area contributed by atoms with Crippen molar-refractivity contribution in [1.29, 1.82) is 0 Å².